The Morgan fingerprint density at radius 1 is 0.914 bits per heavy atom. The lowest BCUT2D eigenvalue weighted by atomic mass is 9.99. The van der Waals surface area contributed by atoms with Gasteiger partial charge in [-0.25, -0.2) is 4.79 Å². The second kappa shape index (κ2) is 13.6. The molecule has 0 aromatic heterocycles. The van der Waals surface area contributed by atoms with Crippen molar-refractivity contribution < 1.29 is 14.6 Å². The molecule has 0 saturated carbocycles. The lowest BCUT2D eigenvalue weighted by Gasteiger charge is -2.40. The van der Waals surface area contributed by atoms with E-state index in [1.807, 2.05) is 60.7 Å². The van der Waals surface area contributed by atoms with Crippen LogP contribution in [0.1, 0.15) is 29.7 Å². The predicted octanol–water partition coefficient (Wildman–Crippen LogP) is 4.84. The average molecular weight is 473 g/mol. The number of aliphatic hydroxyl groups excluding tert-OH is 1. The zero-order valence-corrected chi connectivity index (χ0v) is 20.7. The molecule has 5 heteroatoms. The third kappa shape index (κ3) is 7.62. The topological polar surface area (TPSA) is 53.0 Å². The number of carbonyl (C=O) groups is 1. The molecule has 0 unspecified atom stereocenters. The first kappa shape index (κ1) is 26.4. The first-order valence-corrected chi connectivity index (χ1v) is 12.0. The lowest BCUT2D eigenvalue weighted by Crippen LogP contribution is -2.53. The molecular weight excluding hydrogens is 436 g/mol. The highest BCUT2D eigenvalue weighted by Crippen LogP contribution is 2.27. The first-order chi connectivity index (χ1) is 17.0. The highest BCUT2D eigenvalue weighted by molar-refractivity contribution is 5.75. The van der Waals surface area contributed by atoms with Crippen LogP contribution in [0.5, 0.6) is 0 Å². The molecule has 3 aromatic carbocycles. The molecule has 1 N–H and O–H groups in total. The quantitative estimate of drug-likeness (QED) is 0.285. The maximum absolute atomic E-state index is 12.6. The number of carbonyl (C=O) groups excluding carboxylic acids is 1. The van der Waals surface area contributed by atoms with Crippen molar-refractivity contribution in [1.82, 2.24) is 9.80 Å². The van der Waals surface area contributed by atoms with Crippen LogP contribution in [0.25, 0.3) is 0 Å². The number of rotatable bonds is 13. The van der Waals surface area contributed by atoms with Crippen LogP contribution in [-0.4, -0.2) is 53.2 Å². The van der Waals surface area contributed by atoms with Crippen molar-refractivity contribution in [2.75, 3.05) is 20.2 Å². The van der Waals surface area contributed by atoms with Crippen molar-refractivity contribution in [3.8, 4) is 0 Å². The highest BCUT2D eigenvalue weighted by Gasteiger charge is 2.36. The second-order valence-electron chi connectivity index (χ2n) is 8.75. The SMILES string of the molecule is C=CCN(Cc1ccccc1)C[C@@H]([C@H](O)C(=O)OC)N(Cc1ccccc1)[C@@H](C)c1ccccc1. The zero-order chi connectivity index (χ0) is 25.0. The van der Waals surface area contributed by atoms with E-state index in [4.69, 9.17) is 4.74 Å². The number of ether oxygens (including phenoxy) is 1. The standard InChI is InChI=1S/C30H36N2O3/c1-4-20-31(21-25-14-8-5-9-15-25)23-28(29(33)30(34)35-3)32(22-26-16-10-6-11-17-26)24(2)27-18-12-7-13-19-27/h4-19,24,28-29,33H,1,20-23H2,2-3H3/t24-,28-,29-/m0/s1. The van der Waals surface area contributed by atoms with Gasteiger partial charge in [0.15, 0.2) is 6.10 Å². The van der Waals surface area contributed by atoms with Gasteiger partial charge in [0, 0.05) is 32.2 Å². The van der Waals surface area contributed by atoms with Gasteiger partial charge in [-0.2, -0.15) is 0 Å². The van der Waals surface area contributed by atoms with Gasteiger partial charge in [-0.05, 0) is 23.6 Å². The van der Waals surface area contributed by atoms with Crippen molar-refractivity contribution in [2.45, 2.75) is 38.2 Å². The van der Waals surface area contributed by atoms with Crippen LogP contribution in [0.2, 0.25) is 0 Å². The molecule has 0 saturated heterocycles. The molecule has 0 aliphatic rings. The Balaban J connectivity index is 1.99. The van der Waals surface area contributed by atoms with Gasteiger partial charge in [0.1, 0.15) is 0 Å². The summed E-state index contributed by atoms with van der Waals surface area (Å²) in [5, 5.41) is 11.2. The molecule has 35 heavy (non-hydrogen) atoms. The second-order valence-corrected chi connectivity index (χ2v) is 8.75. The number of esters is 1. The van der Waals surface area contributed by atoms with E-state index >= 15 is 0 Å². The molecule has 0 amide bonds. The van der Waals surface area contributed by atoms with Crippen molar-refractivity contribution >= 4 is 5.97 Å². The van der Waals surface area contributed by atoms with E-state index in [0.717, 1.165) is 16.7 Å². The van der Waals surface area contributed by atoms with Crippen LogP contribution in [0.4, 0.5) is 0 Å². The van der Waals surface area contributed by atoms with Gasteiger partial charge >= 0.3 is 5.97 Å². The van der Waals surface area contributed by atoms with Gasteiger partial charge in [-0.1, -0.05) is 97.1 Å². The predicted molar refractivity (Wildman–Crippen MR) is 141 cm³/mol. The first-order valence-electron chi connectivity index (χ1n) is 12.0. The van der Waals surface area contributed by atoms with Gasteiger partial charge in [0.05, 0.1) is 13.2 Å². The summed E-state index contributed by atoms with van der Waals surface area (Å²) in [6.07, 6.45) is 0.546. The molecule has 0 fully saturated rings. The van der Waals surface area contributed by atoms with Gasteiger partial charge in [-0.15, -0.1) is 6.58 Å². The fraction of sp³-hybridized carbons (Fsp3) is 0.300. The molecule has 0 heterocycles. The fourth-order valence-electron chi connectivity index (χ4n) is 4.41. The van der Waals surface area contributed by atoms with Gasteiger partial charge < -0.3 is 9.84 Å². The number of hydrogen-bond donors (Lipinski definition) is 1. The Morgan fingerprint density at radius 3 is 1.94 bits per heavy atom. The monoisotopic (exact) mass is 472 g/mol. The summed E-state index contributed by atoms with van der Waals surface area (Å²) in [7, 11) is 1.32. The zero-order valence-electron chi connectivity index (χ0n) is 20.7. The summed E-state index contributed by atoms with van der Waals surface area (Å²) < 4.78 is 4.98. The Morgan fingerprint density at radius 2 is 1.43 bits per heavy atom. The van der Waals surface area contributed by atoms with Crippen LogP contribution in [-0.2, 0) is 22.6 Å². The van der Waals surface area contributed by atoms with Crippen molar-refractivity contribution in [2.24, 2.45) is 0 Å². The third-order valence-electron chi connectivity index (χ3n) is 6.30. The van der Waals surface area contributed by atoms with Crippen LogP contribution in [0.3, 0.4) is 0 Å². The van der Waals surface area contributed by atoms with E-state index in [1.165, 1.54) is 7.11 Å². The third-order valence-corrected chi connectivity index (χ3v) is 6.30. The van der Waals surface area contributed by atoms with E-state index in [-0.39, 0.29) is 6.04 Å². The Hall–Kier alpha value is -3.25. The van der Waals surface area contributed by atoms with E-state index < -0.39 is 18.1 Å². The minimum absolute atomic E-state index is 0.0528. The van der Waals surface area contributed by atoms with Crippen molar-refractivity contribution in [3.05, 3.63) is 120 Å². The maximum Gasteiger partial charge on any atom is 0.336 e. The lowest BCUT2D eigenvalue weighted by molar-refractivity contribution is -0.156. The van der Waals surface area contributed by atoms with E-state index in [1.54, 1.807) is 0 Å². The molecule has 3 atom stereocenters. The minimum Gasteiger partial charge on any atom is -0.467 e. The maximum atomic E-state index is 12.6. The van der Waals surface area contributed by atoms with E-state index in [0.29, 0.717) is 26.2 Å². The summed E-state index contributed by atoms with van der Waals surface area (Å²) in [5.74, 6) is -0.633. The number of methoxy groups -OCH3 is 1. The molecule has 3 rings (SSSR count). The Kier molecular flexibility index (Phi) is 10.2. The summed E-state index contributed by atoms with van der Waals surface area (Å²) in [4.78, 5) is 17.0. The van der Waals surface area contributed by atoms with Crippen LogP contribution < -0.4 is 0 Å². The summed E-state index contributed by atoms with van der Waals surface area (Å²) in [6, 6.07) is 29.9. The van der Waals surface area contributed by atoms with Gasteiger partial charge in [0.2, 0.25) is 0 Å². The van der Waals surface area contributed by atoms with Crippen LogP contribution >= 0.6 is 0 Å². The molecule has 0 radical (unpaired) electrons. The Bertz CT molecular complexity index is 1030. The summed E-state index contributed by atoms with van der Waals surface area (Å²) in [6.45, 7) is 8.38. The highest BCUT2D eigenvalue weighted by atomic mass is 16.5. The molecule has 0 aliphatic heterocycles. The smallest absolute Gasteiger partial charge is 0.336 e. The summed E-state index contributed by atoms with van der Waals surface area (Å²) >= 11 is 0. The van der Waals surface area contributed by atoms with Gasteiger partial charge in [-0.3, -0.25) is 9.80 Å². The molecule has 184 valence electrons. The number of benzene rings is 3. The molecule has 3 aromatic rings. The minimum atomic E-state index is -1.31. The number of aliphatic hydroxyl groups is 1. The normalized spacial score (nSPS) is 13.9. The molecule has 0 spiro atoms. The largest absolute Gasteiger partial charge is 0.467 e. The van der Waals surface area contributed by atoms with Crippen LogP contribution in [0, 0.1) is 0 Å². The Labute approximate surface area is 209 Å². The van der Waals surface area contributed by atoms with E-state index in [2.05, 4.69) is 59.7 Å². The molecule has 5 nitrogen and oxygen atoms in total. The van der Waals surface area contributed by atoms with Crippen molar-refractivity contribution in [1.29, 1.82) is 0 Å². The van der Waals surface area contributed by atoms with E-state index in [9.17, 15) is 9.90 Å². The number of nitrogens with zero attached hydrogens (tertiary/aromatic N) is 2. The fourth-order valence-corrected chi connectivity index (χ4v) is 4.41. The average Bonchev–Trinajstić information content (AvgIpc) is 2.91. The van der Waals surface area contributed by atoms with Crippen LogP contribution in [0.15, 0.2) is 104 Å². The number of hydrogen-bond acceptors (Lipinski definition) is 5. The molecular formula is C30H36N2O3. The molecule has 0 bridgehead atoms. The summed E-state index contributed by atoms with van der Waals surface area (Å²) in [5.41, 5.74) is 3.38. The molecule has 0 aliphatic carbocycles. The van der Waals surface area contributed by atoms with Gasteiger partial charge in [0.25, 0.3) is 0 Å². The van der Waals surface area contributed by atoms with Crippen molar-refractivity contribution in [3.63, 3.8) is 0 Å².